The van der Waals surface area contributed by atoms with E-state index in [4.69, 9.17) is 21.1 Å². The summed E-state index contributed by atoms with van der Waals surface area (Å²) < 4.78 is 10.1. The van der Waals surface area contributed by atoms with Gasteiger partial charge in [0, 0.05) is 0 Å². The molecule has 21 heavy (non-hydrogen) atoms. The first kappa shape index (κ1) is 17.0. The SMILES string of the molecule is CCOC(=O)C(N=Nc1ccc(OCC)cc1)=C(O)CCl. The van der Waals surface area contributed by atoms with E-state index in [-0.39, 0.29) is 23.9 Å². The maximum Gasteiger partial charge on any atom is 0.362 e. The summed E-state index contributed by atoms with van der Waals surface area (Å²) in [6.45, 7) is 4.27. The zero-order chi connectivity index (χ0) is 15.7. The smallest absolute Gasteiger partial charge is 0.362 e. The van der Waals surface area contributed by atoms with E-state index in [1.165, 1.54) is 0 Å². The number of allylic oxidation sites excluding steroid dienone is 1. The molecule has 0 aliphatic rings. The minimum absolute atomic E-state index is 0.163. The molecule has 0 amide bonds. The Bertz CT molecular complexity index is 526. The lowest BCUT2D eigenvalue weighted by Gasteiger charge is -2.04. The summed E-state index contributed by atoms with van der Waals surface area (Å²) in [6.07, 6.45) is 0. The number of rotatable bonds is 7. The first-order chi connectivity index (χ1) is 10.1. The maximum absolute atomic E-state index is 11.6. The lowest BCUT2D eigenvalue weighted by Crippen LogP contribution is -2.09. The van der Waals surface area contributed by atoms with Gasteiger partial charge in [0.15, 0.2) is 0 Å². The number of aliphatic hydroxyl groups is 1. The Labute approximate surface area is 128 Å². The van der Waals surface area contributed by atoms with Crippen LogP contribution in [0.2, 0.25) is 0 Å². The van der Waals surface area contributed by atoms with E-state index in [1.807, 2.05) is 6.92 Å². The van der Waals surface area contributed by atoms with E-state index in [0.29, 0.717) is 18.0 Å². The fraction of sp³-hybridized carbons (Fsp3) is 0.357. The third-order valence-corrected chi connectivity index (χ3v) is 2.54. The number of carbonyl (C=O) groups is 1. The highest BCUT2D eigenvalue weighted by Crippen LogP contribution is 2.20. The van der Waals surface area contributed by atoms with Crippen molar-refractivity contribution in [3.05, 3.63) is 35.7 Å². The third kappa shape index (κ3) is 5.43. The number of esters is 1. The van der Waals surface area contributed by atoms with Crippen LogP contribution in [0.25, 0.3) is 0 Å². The fourth-order valence-corrected chi connectivity index (χ4v) is 1.49. The van der Waals surface area contributed by atoms with Gasteiger partial charge in [-0.3, -0.25) is 0 Å². The van der Waals surface area contributed by atoms with Gasteiger partial charge in [-0.15, -0.1) is 16.7 Å². The van der Waals surface area contributed by atoms with Crippen molar-refractivity contribution in [2.75, 3.05) is 19.1 Å². The summed E-state index contributed by atoms with van der Waals surface area (Å²) in [7, 11) is 0. The first-order valence-electron chi connectivity index (χ1n) is 6.42. The van der Waals surface area contributed by atoms with Gasteiger partial charge in [-0.2, -0.15) is 5.11 Å². The second-order valence-electron chi connectivity index (χ2n) is 3.78. The molecule has 0 radical (unpaired) electrons. The summed E-state index contributed by atoms with van der Waals surface area (Å²) in [5.74, 6) is -0.701. The van der Waals surface area contributed by atoms with Crippen LogP contribution in [-0.2, 0) is 9.53 Å². The quantitative estimate of drug-likeness (QED) is 0.273. The van der Waals surface area contributed by atoms with Crippen LogP contribution >= 0.6 is 11.6 Å². The zero-order valence-electron chi connectivity index (χ0n) is 11.9. The number of carbonyl (C=O) groups excluding carboxylic acids is 1. The second kappa shape index (κ2) is 8.97. The molecule has 0 heterocycles. The van der Waals surface area contributed by atoms with Crippen LogP contribution in [0.1, 0.15) is 13.8 Å². The number of aliphatic hydroxyl groups excluding tert-OH is 1. The first-order valence-corrected chi connectivity index (χ1v) is 6.95. The Kier molecular flexibility index (Phi) is 7.25. The van der Waals surface area contributed by atoms with Crippen LogP contribution in [0, 0.1) is 0 Å². The van der Waals surface area contributed by atoms with E-state index in [0.717, 1.165) is 0 Å². The summed E-state index contributed by atoms with van der Waals surface area (Å²) in [4.78, 5) is 11.6. The minimum Gasteiger partial charge on any atom is -0.508 e. The van der Waals surface area contributed by atoms with E-state index in [2.05, 4.69) is 10.2 Å². The Balaban J connectivity index is 2.90. The van der Waals surface area contributed by atoms with Crippen LogP contribution in [0.15, 0.2) is 46.0 Å². The number of alkyl halides is 1. The lowest BCUT2D eigenvalue weighted by atomic mass is 10.3. The van der Waals surface area contributed by atoms with Gasteiger partial charge in [-0.05, 0) is 38.1 Å². The van der Waals surface area contributed by atoms with Crippen molar-refractivity contribution in [3.63, 3.8) is 0 Å². The molecule has 6 nitrogen and oxygen atoms in total. The van der Waals surface area contributed by atoms with Crippen LogP contribution in [-0.4, -0.2) is 30.2 Å². The van der Waals surface area contributed by atoms with Crippen LogP contribution in [0.5, 0.6) is 5.75 Å². The Morgan fingerprint density at radius 1 is 1.24 bits per heavy atom. The molecule has 0 atom stereocenters. The largest absolute Gasteiger partial charge is 0.508 e. The van der Waals surface area contributed by atoms with Gasteiger partial charge in [0.05, 0.1) is 24.8 Å². The highest BCUT2D eigenvalue weighted by atomic mass is 35.5. The zero-order valence-corrected chi connectivity index (χ0v) is 12.6. The molecule has 1 aromatic carbocycles. The van der Waals surface area contributed by atoms with Gasteiger partial charge >= 0.3 is 5.97 Å². The summed E-state index contributed by atoms with van der Waals surface area (Å²) in [6, 6.07) is 6.81. The highest BCUT2D eigenvalue weighted by Gasteiger charge is 2.16. The fourth-order valence-electron chi connectivity index (χ4n) is 1.36. The van der Waals surface area contributed by atoms with Gasteiger partial charge in [-0.1, -0.05) is 0 Å². The number of benzene rings is 1. The number of halogens is 1. The normalized spacial score (nSPS) is 12.1. The van der Waals surface area contributed by atoms with Gasteiger partial charge in [0.25, 0.3) is 0 Å². The van der Waals surface area contributed by atoms with E-state index in [9.17, 15) is 9.90 Å². The molecule has 0 bridgehead atoms. The van der Waals surface area contributed by atoms with Crippen LogP contribution in [0.4, 0.5) is 5.69 Å². The predicted octanol–water partition coefficient (Wildman–Crippen LogP) is 3.74. The number of hydrogen-bond donors (Lipinski definition) is 1. The van der Waals surface area contributed by atoms with Gasteiger partial charge in [-0.25, -0.2) is 4.79 Å². The number of hydrogen-bond acceptors (Lipinski definition) is 6. The van der Waals surface area contributed by atoms with Crippen molar-refractivity contribution in [3.8, 4) is 5.75 Å². The maximum atomic E-state index is 11.6. The summed E-state index contributed by atoms with van der Waals surface area (Å²) in [5, 5.41) is 17.2. The van der Waals surface area contributed by atoms with Crippen LogP contribution < -0.4 is 4.74 Å². The van der Waals surface area contributed by atoms with Gasteiger partial charge in [0.2, 0.25) is 5.70 Å². The molecule has 0 fully saturated rings. The minimum atomic E-state index is -0.773. The lowest BCUT2D eigenvalue weighted by molar-refractivity contribution is -0.138. The predicted molar refractivity (Wildman–Crippen MR) is 79.1 cm³/mol. The molecular weight excluding hydrogens is 296 g/mol. The highest BCUT2D eigenvalue weighted by molar-refractivity contribution is 6.19. The van der Waals surface area contributed by atoms with Crippen molar-refractivity contribution >= 4 is 23.3 Å². The Morgan fingerprint density at radius 2 is 1.90 bits per heavy atom. The van der Waals surface area contributed by atoms with E-state index < -0.39 is 5.97 Å². The van der Waals surface area contributed by atoms with Crippen molar-refractivity contribution in [2.45, 2.75) is 13.8 Å². The molecular formula is C14H17ClN2O4. The Morgan fingerprint density at radius 3 is 2.43 bits per heavy atom. The molecule has 1 aromatic rings. The molecule has 0 aliphatic heterocycles. The standard InChI is InChI=1S/C14H17ClN2O4/c1-3-20-11-7-5-10(6-8-11)16-17-13(12(18)9-15)14(19)21-4-2/h5-8,18H,3-4,9H2,1-2H3. The van der Waals surface area contributed by atoms with Gasteiger partial charge in [0.1, 0.15) is 11.5 Å². The molecule has 0 aliphatic carbocycles. The molecule has 0 saturated carbocycles. The molecule has 0 aromatic heterocycles. The molecule has 1 N–H and O–H groups in total. The molecule has 0 spiro atoms. The number of azo groups is 1. The average molecular weight is 313 g/mol. The third-order valence-electron chi connectivity index (χ3n) is 2.28. The topological polar surface area (TPSA) is 80.5 Å². The number of nitrogens with zero attached hydrogens (tertiary/aromatic N) is 2. The summed E-state index contributed by atoms with van der Waals surface area (Å²) >= 11 is 5.49. The van der Waals surface area contributed by atoms with Gasteiger partial charge < -0.3 is 14.6 Å². The molecule has 114 valence electrons. The van der Waals surface area contributed by atoms with Crippen molar-refractivity contribution in [1.29, 1.82) is 0 Å². The van der Waals surface area contributed by atoms with E-state index >= 15 is 0 Å². The number of ether oxygens (including phenoxy) is 2. The monoisotopic (exact) mass is 312 g/mol. The average Bonchev–Trinajstić information content (AvgIpc) is 2.49. The van der Waals surface area contributed by atoms with Crippen molar-refractivity contribution in [1.82, 2.24) is 0 Å². The van der Waals surface area contributed by atoms with E-state index in [1.54, 1.807) is 31.2 Å². The molecule has 0 saturated heterocycles. The molecule has 1 rings (SSSR count). The van der Waals surface area contributed by atoms with Crippen LogP contribution in [0.3, 0.4) is 0 Å². The Hall–Kier alpha value is -2.08. The van der Waals surface area contributed by atoms with Crippen molar-refractivity contribution < 1.29 is 19.4 Å². The van der Waals surface area contributed by atoms with Crippen molar-refractivity contribution in [2.24, 2.45) is 10.2 Å². The summed E-state index contributed by atoms with van der Waals surface area (Å²) in [5.41, 5.74) is 0.198. The molecule has 0 unspecified atom stereocenters. The second-order valence-corrected chi connectivity index (χ2v) is 4.04. The molecule has 7 heteroatoms.